The number of pyridine rings is 2. The van der Waals surface area contributed by atoms with Crippen LogP contribution >= 0.6 is 0 Å². The van der Waals surface area contributed by atoms with Crippen molar-refractivity contribution in [2.75, 3.05) is 0 Å². The molecule has 0 bridgehead atoms. The molecule has 0 amide bonds. The Morgan fingerprint density at radius 2 is 1.58 bits per heavy atom. The standard InChI is InChI=1S/C15H16N4/c1-12(10-13-6-2-4-8-17-13)19-15(16)11-14-7-3-5-9-18-14/h2-9H,1,10-11H2,(H2,16,19). The molecular formula is C15H16N4. The van der Waals surface area contributed by atoms with Gasteiger partial charge in [0.2, 0.25) is 0 Å². The van der Waals surface area contributed by atoms with Gasteiger partial charge in [-0.05, 0) is 24.3 Å². The van der Waals surface area contributed by atoms with Crippen molar-refractivity contribution in [1.29, 1.82) is 0 Å². The summed E-state index contributed by atoms with van der Waals surface area (Å²) < 4.78 is 0. The van der Waals surface area contributed by atoms with Gasteiger partial charge in [-0.15, -0.1) is 0 Å². The number of amidine groups is 1. The fourth-order valence-electron chi connectivity index (χ4n) is 1.68. The molecule has 0 spiro atoms. The van der Waals surface area contributed by atoms with Crippen LogP contribution in [0.2, 0.25) is 0 Å². The van der Waals surface area contributed by atoms with E-state index in [1.54, 1.807) is 12.4 Å². The maximum atomic E-state index is 5.89. The van der Waals surface area contributed by atoms with Crippen LogP contribution in [0.4, 0.5) is 0 Å². The molecule has 96 valence electrons. The number of aliphatic imine (C=N–C) groups is 1. The Bertz CT molecular complexity index is 561. The molecule has 0 unspecified atom stereocenters. The monoisotopic (exact) mass is 252 g/mol. The normalized spacial score (nSPS) is 11.3. The van der Waals surface area contributed by atoms with E-state index in [-0.39, 0.29) is 0 Å². The molecule has 0 atom stereocenters. The smallest absolute Gasteiger partial charge is 0.105 e. The summed E-state index contributed by atoms with van der Waals surface area (Å²) in [6, 6.07) is 11.5. The minimum absolute atomic E-state index is 0.514. The van der Waals surface area contributed by atoms with Crippen LogP contribution in [0.3, 0.4) is 0 Å². The van der Waals surface area contributed by atoms with E-state index in [0.717, 1.165) is 11.4 Å². The SMILES string of the molecule is C=C(Cc1ccccn1)N=C(N)Cc1ccccn1. The van der Waals surface area contributed by atoms with E-state index in [1.165, 1.54) is 0 Å². The Balaban J connectivity index is 1.95. The van der Waals surface area contributed by atoms with E-state index < -0.39 is 0 Å². The van der Waals surface area contributed by atoms with Gasteiger partial charge in [-0.25, -0.2) is 4.99 Å². The van der Waals surface area contributed by atoms with E-state index in [2.05, 4.69) is 21.5 Å². The molecule has 19 heavy (non-hydrogen) atoms. The van der Waals surface area contributed by atoms with Gasteiger partial charge in [0, 0.05) is 42.3 Å². The Kier molecular flexibility index (Phi) is 4.39. The molecule has 0 aromatic carbocycles. The molecule has 0 aliphatic heterocycles. The summed E-state index contributed by atoms with van der Waals surface area (Å²) in [5, 5.41) is 0. The second-order valence-corrected chi connectivity index (χ2v) is 4.17. The highest BCUT2D eigenvalue weighted by atomic mass is 14.9. The van der Waals surface area contributed by atoms with Crippen molar-refractivity contribution < 1.29 is 0 Å². The number of hydrogen-bond donors (Lipinski definition) is 1. The van der Waals surface area contributed by atoms with E-state index in [9.17, 15) is 0 Å². The van der Waals surface area contributed by atoms with Crippen LogP contribution in [0, 0.1) is 0 Å². The fraction of sp³-hybridized carbons (Fsp3) is 0.133. The number of nitrogens with zero attached hydrogens (tertiary/aromatic N) is 3. The predicted molar refractivity (Wildman–Crippen MR) is 76.6 cm³/mol. The maximum absolute atomic E-state index is 5.89. The first-order valence-corrected chi connectivity index (χ1v) is 6.04. The Morgan fingerprint density at radius 3 is 2.11 bits per heavy atom. The number of nitrogens with two attached hydrogens (primary N) is 1. The molecule has 4 nitrogen and oxygen atoms in total. The molecule has 2 aromatic heterocycles. The van der Waals surface area contributed by atoms with E-state index in [0.29, 0.717) is 24.4 Å². The Morgan fingerprint density at radius 1 is 1.00 bits per heavy atom. The lowest BCUT2D eigenvalue weighted by atomic mass is 10.2. The summed E-state index contributed by atoms with van der Waals surface area (Å²) >= 11 is 0. The lowest BCUT2D eigenvalue weighted by Gasteiger charge is -2.03. The quantitative estimate of drug-likeness (QED) is 0.655. The number of hydrogen-bond acceptors (Lipinski definition) is 3. The van der Waals surface area contributed by atoms with E-state index in [1.807, 2.05) is 36.4 Å². The molecule has 0 fully saturated rings. The minimum atomic E-state index is 0.514. The van der Waals surface area contributed by atoms with Gasteiger partial charge in [-0.2, -0.15) is 0 Å². The van der Waals surface area contributed by atoms with Crippen molar-refractivity contribution in [3.05, 3.63) is 72.5 Å². The van der Waals surface area contributed by atoms with Crippen molar-refractivity contribution in [3.63, 3.8) is 0 Å². The number of aromatic nitrogens is 2. The highest BCUT2D eigenvalue weighted by Crippen LogP contribution is 2.05. The van der Waals surface area contributed by atoms with Gasteiger partial charge in [0.15, 0.2) is 0 Å². The average Bonchev–Trinajstić information content (AvgIpc) is 2.40. The maximum Gasteiger partial charge on any atom is 0.105 e. The number of allylic oxidation sites excluding steroid dienone is 1. The first kappa shape index (κ1) is 13.0. The van der Waals surface area contributed by atoms with Crippen molar-refractivity contribution in [1.82, 2.24) is 9.97 Å². The van der Waals surface area contributed by atoms with Crippen molar-refractivity contribution in [2.45, 2.75) is 12.8 Å². The van der Waals surface area contributed by atoms with E-state index >= 15 is 0 Å². The van der Waals surface area contributed by atoms with Crippen LogP contribution in [0.5, 0.6) is 0 Å². The van der Waals surface area contributed by atoms with Crippen molar-refractivity contribution in [2.24, 2.45) is 10.7 Å². The molecule has 2 aromatic rings. The van der Waals surface area contributed by atoms with Crippen LogP contribution in [0.1, 0.15) is 11.4 Å². The van der Waals surface area contributed by atoms with Crippen LogP contribution in [-0.2, 0) is 12.8 Å². The summed E-state index contributed by atoms with van der Waals surface area (Å²) in [5.74, 6) is 0.514. The van der Waals surface area contributed by atoms with Gasteiger partial charge in [0.1, 0.15) is 5.84 Å². The first-order chi connectivity index (χ1) is 9.24. The van der Waals surface area contributed by atoms with Gasteiger partial charge < -0.3 is 5.73 Å². The summed E-state index contributed by atoms with van der Waals surface area (Å²) in [6.07, 6.45) is 4.63. The average molecular weight is 252 g/mol. The summed E-state index contributed by atoms with van der Waals surface area (Å²) in [7, 11) is 0. The van der Waals surface area contributed by atoms with Crippen LogP contribution in [-0.4, -0.2) is 15.8 Å². The van der Waals surface area contributed by atoms with Crippen molar-refractivity contribution >= 4 is 5.84 Å². The minimum Gasteiger partial charge on any atom is -0.387 e. The van der Waals surface area contributed by atoms with Crippen molar-refractivity contribution in [3.8, 4) is 0 Å². The molecule has 2 N–H and O–H groups in total. The van der Waals surface area contributed by atoms with Gasteiger partial charge in [-0.1, -0.05) is 18.7 Å². The van der Waals surface area contributed by atoms with E-state index in [4.69, 9.17) is 5.73 Å². The molecule has 0 saturated carbocycles. The zero-order valence-electron chi connectivity index (χ0n) is 10.7. The molecule has 0 aliphatic rings. The van der Waals surface area contributed by atoms with Crippen LogP contribution in [0.25, 0.3) is 0 Å². The summed E-state index contributed by atoms with van der Waals surface area (Å²) in [6.45, 7) is 3.90. The highest BCUT2D eigenvalue weighted by Gasteiger charge is 2.00. The molecular weight excluding hydrogens is 236 g/mol. The predicted octanol–water partition coefficient (Wildman–Crippen LogP) is 2.13. The summed E-state index contributed by atoms with van der Waals surface area (Å²) in [4.78, 5) is 12.7. The largest absolute Gasteiger partial charge is 0.387 e. The molecule has 2 heterocycles. The second-order valence-electron chi connectivity index (χ2n) is 4.17. The third-order valence-corrected chi connectivity index (χ3v) is 2.50. The number of rotatable bonds is 5. The zero-order valence-corrected chi connectivity index (χ0v) is 10.7. The highest BCUT2D eigenvalue weighted by molar-refractivity contribution is 5.83. The fourth-order valence-corrected chi connectivity index (χ4v) is 1.68. The third kappa shape index (κ3) is 4.35. The molecule has 4 heteroatoms. The molecule has 2 rings (SSSR count). The lowest BCUT2D eigenvalue weighted by molar-refractivity contribution is 1.02. The third-order valence-electron chi connectivity index (χ3n) is 2.50. The Hall–Kier alpha value is -2.49. The van der Waals surface area contributed by atoms with Gasteiger partial charge >= 0.3 is 0 Å². The van der Waals surface area contributed by atoms with Gasteiger partial charge in [0.25, 0.3) is 0 Å². The van der Waals surface area contributed by atoms with Crippen LogP contribution in [0.15, 0.2) is 66.1 Å². The topological polar surface area (TPSA) is 64.2 Å². The molecule has 0 saturated heterocycles. The molecule has 0 radical (unpaired) electrons. The molecule has 0 aliphatic carbocycles. The van der Waals surface area contributed by atoms with Gasteiger partial charge in [0.05, 0.1) is 0 Å². The zero-order chi connectivity index (χ0) is 13.5. The lowest BCUT2D eigenvalue weighted by Crippen LogP contribution is -2.16. The second kappa shape index (κ2) is 6.44. The Labute approximate surface area is 112 Å². The summed E-state index contributed by atoms with van der Waals surface area (Å²) in [5.41, 5.74) is 8.42. The van der Waals surface area contributed by atoms with Gasteiger partial charge in [-0.3, -0.25) is 9.97 Å². The van der Waals surface area contributed by atoms with Crippen LogP contribution < -0.4 is 5.73 Å². The first-order valence-electron chi connectivity index (χ1n) is 6.04.